The summed E-state index contributed by atoms with van der Waals surface area (Å²) >= 11 is 19.3. The van der Waals surface area contributed by atoms with Crippen molar-refractivity contribution in [3.63, 3.8) is 0 Å². The van der Waals surface area contributed by atoms with Crippen molar-refractivity contribution in [2.45, 2.75) is 44.9 Å². The number of rotatable bonds is 3. The standard InChI is InChI=1S/C16H21Cl3O/c1-16(2)7-5-4-6-11(16)15(19)10-8-13(18)14(20-3)9-12(10)17/h8-9,11,15H,4-7H2,1-3H3. The third kappa shape index (κ3) is 3.21. The molecule has 0 aliphatic heterocycles. The Labute approximate surface area is 136 Å². The minimum atomic E-state index is -0.110. The van der Waals surface area contributed by atoms with Crippen molar-refractivity contribution in [3.05, 3.63) is 27.7 Å². The highest BCUT2D eigenvalue weighted by atomic mass is 35.5. The van der Waals surface area contributed by atoms with E-state index < -0.39 is 0 Å². The molecule has 0 N–H and O–H groups in total. The molecule has 0 saturated heterocycles. The molecule has 1 nitrogen and oxygen atoms in total. The molecule has 112 valence electrons. The van der Waals surface area contributed by atoms with Crippen LogP contribution in [0.1, 0.15) is 50.5 Å². The zero-order valence-corrected chi connectivity index (χ0v) is 14.4. The van der Waals surface area contributed by atoms with Crippen LogP contribution in [0.15, 0.2) is 12.1 Å². The number of ether oxygens (including phenoxy) is 1. The fourth-order valence-electron chi connectivity index (χ4n) is 3.19. The van der Waals surface area contributed by atoms with Crippen molar-refractivity contribution in [1.29, 1.82) is 0 Å². The summed E-state index contributed by atoms with van der Waals surface area (Å²) in [6, 6.07) is 3.61. The maximum Gasteiger partial charge on any atom is 0.138 e. The van der Waals surface area contributed by atoms with Gasteiger partial charge in [0.25, 0.3) is 0 Å². The molecule has 1 aromatic rings. The summed E-state index contributed by atoms with van der Waals surface area (Å²) in [4.78, 5) is 0. The molecule has 0 heterocycles. The Balaban J connectivity index is 2.33. The lowest BCUT2D eigenvalue weighted by molar-refractivity contribution is 0.133. The van der Waals surface area contributed by atoms with Gasteiger partial charge in [-0.15, -0.1) is 11.6 Å². The second-order valence-corrected chi connectivity index (χ2v) is 7.54. The molecule has 4 heteroatoms. The van der Waals surface area contributed by atoms with Gasteiger partial charge >= 0.3 is 0 Å². The first-order chi connectivity index (χ1) is 9.36. The Kier molecular flexibility index (Phi) is 5.15. The first-order valence-electron chi connectivity index (χ1n) is 7.04. The minimum Gasteiger partial charge on any atom is -0.495 e. The Morgan fingerprint density at radius 1 is 1.20 bits per heavy atom. The molecule has 1 fully saturated rings. The van der Waals surface area contributed by atoms with E-state index in [1.165, 1.54) is 19.3 Å². The van der Waals surface area contributed by atoms with E-state index in [4.69, 9.17) is 39.5 Å². The second-order valence-electron chi connectivity index (χ2n) is 6.25. The first-order valence-corrected chi connectivity index (χ1v) is 8.23. The monoisotopic (exact) mass is 334 g/mol. The van der Waals surface area contributed by atoms with Gasteiger partial charge in [0.1, 0.15) is 5.75 Å². The quantitative estimate of drug-likeness (QED) is 0.573. The van der Waals surface area contributed by atoms with Gasteiger partial charge in [0.15, 0.2) is 0 Å². The molecule has 2 atom stereocenters. The van der Waals surface area contributed by atoms with Gasteiger partial charge in [-0.05, 0) is 35.8 Å². The van der Waals surface area contributed by atoms with E-state index >= 15 is 0 Å². The molecule has 0 amide bonds. The summed E-state index contributed by atoms with van der Waals surface area (Å²) in [5.74, 6) is 1.01. The highest BCUT2D eigenvalue weighted by Gasteiger charge is 2.38. The van der Waals surface area contributed by atoms with Crippen LogP contribution in [0.25, 0.3) is 0 Å². The Morgan fingerprint density at radius 2 is 1.90 bits per heavy atom. The predicted octanol–water partition coefficient (Wildman–Crippen LogP) is 6.50. The summed E-state index contributed by atoms with van der Waals surface area (Å²) in [5.41, 5.74) is 1.15. The molecule has 1 aliphatic carbocycles. The normalized spacial score (nSPS) is 23.4. The van der Waals surface area contributed by atoms with E-state index in [9.17, 15) is 0 Å². The third-order valence-corrected chi connectivity index (χ3v) is 5.67. The SMILES string of the molecule is COc1cc(Cl)c(C(Cl)C2CCCCC2(C)C)cc1Cl. The zero-order chi connectivity index (χ0) is 14.9. The third-order valence-electron chi connectivity index (χ3n) is 4.51. The van der Waals surface area contributed by atoms with Crippen molar-refractivity contribution < 1.29 is 4.74 Å². The summed E-state index contributed by atoms with van der Waals surface area (Å²) in [6.45, 7) is 4.59. The van der Waals surface area contributed by atoms with E-state index in [1.807, 2.05) is 6.07 Å². The average Bonchev–Trinajstić information content (AvgIpc) is 2.39. The van der Waals surface area contributed by atoms with E-state index in [2.05, 4.69) is 13.8 Å². The minimum absolute atomic E-state index is 0.110. The Bertz CT molecular complexity index is 485. The lowest BCUT2D eigenvalue weighted by atomic mass is 9.66. The molecular weight excluding hydrogens is 315 g/mol. The van der Waals surface area contributed by atoms with Crippen LogP contribution in [0.3, 0.4) is 0 Å². The molecule has 2 unspecified atom stereocenters. The highest BCUT2D eigenvalue weighted by Crippen LogP contribution is 2.51. The maximum atomic E-state index is 6.76. The molecule has 1 aromatic carbocycles. The van der Waals surface area contributed by atoms with Crippen LogP contribution in [0, 0.1) is 11.3 Å². The molecule has 0 bridgehead atoms. The van der Waals surface area contributed by atoms with Gasteiger partial charge in [-0.1, -0.05) is 49.9 Å². The number of alkyl halides is 1. The molecule has 0 radical (unpaired) electrons. The summed E-state index contributed by atoms with van der Waals surface area (Å²) < 4.78 is 5.19. The van der Waals surface area contributed by atoms with Gasteiger partial charge in [-0.3, -0.25) is 0 Å². The van der Waals surface area contributed by atoms with Crippen molar-refractivity contribution in [2.24, 2.45) is 11.3 Å². The summed E-state index contributed by atoms with van der Waals surface area (Å²) in [7, 11) is 1.58. The van der Waals surface area contributed by atoms with Crippen molar-refractivity contribution >= 4 is 34.8 Å². The number of halogens is 3. The number of hydrogen-bond donors (Lipinski definition) is 0. The molecular formula is C16H21Cl3O. The number of benzene rings is 1. The second kappa shape index (κ2) is 6.34. The van der Waals surface area contributed by atoms with Crippen LogP contribution >= 0.6 is 34.8 Å². The fourth-order valence-corrected chi connectivity index (χ4v) is 4.42. The van der Waals surface area contributed by atoms with Crippen LogP contribution in [0.4, 0.5) is 0 Å². The van der Waals surface area contributed by atoms with Crippen LogP contribution in [0.5, 0.6) is 5.75 Å². The van der Waals surface area contributed by atoms with E-state index in [0.29, 0.717) is 21.7 Å². The highest BCUT2D eigenvalue weighted by molar-refractivity contribution is 6.35. The van der Waals surface area contributed by atoms with Crippen molar-refractivity contribution in [2.75, 3.05) is 7.11 Å². The Morgan fingerprint density at radius 3 is 2.50 bits per heavy atom. The van der Waals surface area contributed by atoms with Crippen LogP contribution in [-0.2, 0) is 0 Å². The van der Waals surface area contributed by atoms with E-state index in [0.717, 1.165) is 12.0 Å². The number of methoxy groups -OCH3 is 1. The summed E-state index contributed by atoms with van der Waals surface area (Å²) in [6.07, 6.45) is 4.87. The molecule has 1 aliphatic rings. The van der Waals surface area contributed by atoms with Crippen molar-refractivity contribution in [3.8, 4) is 5.75 Å². The zero-order valence-electron chi connectivity index (χ0n) is 12.2. The van der Waals surface area contributed by atoms with Crippen LogP contribution in [0.2, 0.25) is 10.0 Å². The largest absolute Gasteiger partial charge is 0.495 e. The molecule has 1 saturated carbocycles. The number of hydrogen-bond acceptors (Lipinski definition) is 1. The van der Waals surface area contributed by atoms with E-state index in [-0.39, 0.29) is 10.8 Å². The smallest absolute Gasteiger partial charge is 0.138 e. The molecule has 0 spiro atoms. The van der Waals surface area contributed by atoms with Gasteiger partial charge in [0, 0.05) is 11.1 Å². The van der Waals surface area contributed by atoms with Gasteiger partial charge in [-0.25, -0.2) is 0 Å². The topological polar surface area (TPSA) is 9.23 Å². The first kappa shape index (κ1) is 16.3. The van der Waals surface area contributed by atoms with Gasteiger partial charge in [0.05, 0.1) is 17.5 Å². The van der Waals surface area contributed by atoms with Crippen LogP contribution in [-0.4, -0.2) is 7.11 Å². The van der Waals surface area contributed by atoms with Gasteiger partial charge < -0.3 is 4.74 Å². The molecule has 20 heavy (non-hydrogen) atoms. The molecule has 2 rings (SSSR count). The lowest BCUT2D eigenvalue weighted by Crippen LogP contribution is -2.31. The summed E-state index contributed by atoms with van der Waals surface area (Å²) in [5, 5.41) is 1.08. The lowest BCUT2D eigenvalue weighted by Gasteiger charge is -2.41. The van der Waals surface area contributed by atoms with Gasteiger partial charge in [0.2, 0.25) is 0 Å². The Hall–Kier alpha value is -0.110. The maximum absolute atomic E-state index is 6.76. The van der Waals surface area contributed by atoms with E-state index in [1.54, 1.807) is 13.2 Å². The van der Waals surface area contributed by atoms with Crippen LogP contribution < -0.4 is 4.74 Å². The predicted molar refractivity (Wildman–Crippen MR) is 87.3 cm³/mol. The van der Waals surface area contributed by atoms with Gasteiger partial charge in [-0.2, -0.15) is 0 Å². The molecule has 0 aromatic heterocycles. The van der Waals surface area contributed by atoms with Crippen molar-refractivity contribution in [1.82, 2.24) is 0 Å². The average molecular weight is 336 g/mol. The fraction of sp³-hybridized carbons (Fsp3) is 0.625.